The minimum absolute atomic E-state index is 0.0377. The average molecular weight is 342 g/mol. The van der Waals surface area contributed by atoms with E-state index in [1.807, 2.05) is 29.2 Å². The van der Waals surface area contributed by atoms with Gasteiger partial charge in [-0.1, -0.05) is 24.3 Å². The van der Waals surface area contributed by atoms with E-state index >= 15 is 0 Å². The largest absolute Gasteiger partial charge is 0.486 e. The molecule has 2 aliphatic rings. The minimum atomic E-state index is -0.157. The van der Waals surface area contributed by atoms with E-state index in [1.54, 1.807) is 10.9 Å². The van der Waals surface area contributed by atoms with Gasteiger partial charge in [0, 0.05) is 13.1 Å². The van der Waals surface area contributed by atoms with Gasteiger partial charge >= 0.3 is 0 Å². The summed E-state index contributed by atoms with van der Waals surface area (Å²) in [4.78, 5) is 14.4. The molecule has 1 aromatic heterocycles. The Bertz CT molecular complexity index is 752. The van der Waals surface area contributed by atoms with Crippen molar-refractivity contribution >= 4 is 5.91 Å². The number of fused-ring (bicyclic) bond motifs is 1. The van der Waals surface area contributed by atoms with Crippen LogP contribution in [0.1, 0.15) is 30.3 Å². The predicted octanol–water partition coefficient (Wildman–Crippen LogP) is 1.99. The van der Waals surface area contributed by atoms with E-state index in [0.717, 1.165) is 37.4 Å². The van der Waals surface area contributed by atoms with Crippen LogP contribution in [0.4, 0.5) is 0 Å². The molecule has 1 atom stereocenters. The second-order valence-electron chi connectivity index (χ2n) is 6.80. The third kappa shape index (κ3) is 3.45. The number of ether oxygens (including phenoxy) is 2. The van der Waals surface area contributed by atoms with Crippen molar-refractivity contribution in [2.45, 2.75) is 32.4 Å². The van der Waals surface area contributed by atoms with Crippen molar-refractivity contribution in [3.8, 4) is 11.5 Å². The van der Waals surface area contributed by atoms with Gasteiger partial charge in [-0.2, -0.15) is 0 Å². The molecule has 25 heavy (non-hydrogen) atoms. The van der Waals surface area contributed by atoms with Gasteiger partial charge in [0.05, 0.1) is 12.7 Å². The summed E-state index contributed by atoms with van der Waals surface area (Å²) < 4.78 is 13.3. The average Bonchev–Trinajstić information content (AvgIpc) is 3.10. The zero-order valence-electron chi connectivity index (χ0n) is 14.3. The Balaban J connectivity index is 1.38. The van der Waals surface area contributed by atoms with Crippen LogP contribution >= 0.6 is 0 Å². The number of hydrogen-bond donors (Lipinski definition) is 0. The van der Waals surface area contributed by atoms with Gasteiger partial charge in [-0.05, 0) is 30.9 Å². The minimum Gasteiger partial charge on any atom is -0.486 e. The van der Waals surface area contributed by atoms with Crippen LogP contribution in [0.5, 0.6) is 11.5 Å². The van der Waals surface area contributed by atoms with Crippen molar-refractivity contribution < 1.29 is 14.3 Å². The van der Waals surface area contributed by atoms with Crippen molar-refractivity contribution in [2.24, 2.45) is 5.92 Å². The van der Waals surface area contributed by atoms with Crippen LogP contribution in [-0.2, 0) is 6.54 Å². The molecular weight excluding hydrogens is 320 g/mol. The molecule has 4 rings (SSSR count). The van der Waals surface area contributed by atoms with E-state index in [2.05, 4.69) is 17.2 Å². The molecule has 2 aliphatic heterocycles. The molecular formula is C18H22N4O3. The summed E-state index contributed by atoms with van der Waals surface area (Å²) in [6.07, 6.45) is 3.64. The number of rotatable bonds is 3. The summed E-state index contributed by atoms with van der Waals surface area (Å²) in [5.74, 6) is 2.14. The molecule has 0 aliphatic carbocycles. The first kappa shape index (κ1) is 15.9. The van der Waals surface area contributed by atoms with Gasteiger partial charge in [0.2, 0.25) is 0 Å². The lowest BCUT2D eigenvalue weighted by Gasteiger charge is -2.29. The summed E-state index contributed by atoms with van der Waals surface area (Å²) in [6.45, 7) is 4.75. The second kappa shape index (κ2) is 6.74. The number of hydrogen-bond acceptors (Lipinski definition) is 5. The summed E-state index contributed by atoms with van der Waals surface area (Å²) >= 11 is 0. The smallest absolute Gasteiger partial charge is 0.276 e. The summed E-state index contributed by atoms with van der Waals surface area (Å²) in [5.41, 5.74) is 0.395. The van der Waals surface area contributed by atoms with Crippen molar-refractivity contribution in [1.82, 2.24) is 19.9 Å². The third-order valence-corrected chi connectivity index (χ3v) is 4.79. The predicted molar refractivity (Wildman–Crippen MR) is 90.7 cm³/mol. The highest BCUT2D eigenvalue weighted by molar-refractivity contribution is 5.91. The molecule has 1 saturated heterocycles. The van der Waals surface area contributed by atoms with Crippen LogP contribution < -0.4 is 9.47 Å². The fraction of sp³-hybridized carbons (Fsp3) is 0.500. The van der Waals surface area contributed by atoms with E-state index in [0.29, 0.717) is 24.8 Å². The fourth-order valence-electron chi connectivity index (χ4n) is 3.22. The highest BCUT2D eigenvalue weighted by atomic mass is 16.6. The zero-order valence-corrected chi connectivity index (χ0v) is 14.3. The van der Waals surface area contributed by atoms with Crippen molar-refractivity contribution in [2.75, 3.05) is 19.7 Å². The quantitative estimate of drug-likeness (QED) is 0.853. The van der Waals surface area contributed by atoms with Gasteiger partial charge in [-0.3, -0.25) is 4.79 Å². The fourth-order valence-corrected chi connectivity index (χ4v) is 3.22. The van der Waals surface area contributed by atoms with E-state index in [4.69, 9.17) is 9.47 Å². The molecule has 7 heteroatoms. The number of benzene rings is 1. The van der Waals surface area contributed by atoms with E-state index in [9.17, 15) is 4.79 Å². The molecule has 0 bridgehead atoms. The maximum atomic E-state index is 12.5. The number of piperidine rings is 1. The molecule has 2 aromatic rings. The molecule has 3 heterocycles. The molecule has 0 radical (unpaired) electrons. The van der Waals surface area contributed by atoms with Crippen molar-refractivity contribution in [3.05, 3.63) is 36.2 Å². The van der Waals surface area contributed by atoms with Gasteiger partial charge in [-0.15, -0.1) is 5.10 Å². The first-order valence-electron chi connectivity index (χ1n) is 8.77. The normalized spacial score (nSPS) is 20.5. The van der Waals surface area contributed by atoms with Crippen molar-refractivity contribution in [1.29, 1.82) is 0 Å². The highest BCUT2D eigenvalue weighted by Crippen LogP contribution is 2.31. The lowest BCUT2D eigenvalue weighted by molar-refractivity contribution is 0.0690. The summed E-state index contributed by atoms with van der Waals surface area (Å²) in [5, 5.41) is 8.13. The monoisotopic (exact) mass is 342 g/mol. The number of amides is 1. The first-order chi connectivity index (χ1) is 12.2. The number of carbonyl (C=O) groups excluding carboxylic acids is 1. The molecule has 0 spiro atoms. The maximum absolute atomic E-state index is 12.5. The number of carbonyl (C=O) groups is 1. The topological polar surface area (TPSA) is 69.5 Å². The third-order valence-electron chi connectivity index (χ3n) is 4.79. The summed E-state index contributed by atoms with van der Waals surface area (Å²) in [6, 6.07) is 7.60. The van der Waals surface area contributed by atoms with Gasteiger partial charge in [-0.25, -0.2) is 4.68 Å². The Labute approximate surface area is 146 Å². The Hall–Kier alpha value is -2.57. The van der Waals surface area contributed by atoms with Gasteiger partial charge in [0.15, 0.2) is 23.3 Å². The molecule has 7 nitrogen and oxygen atoms in total. The van der Waals surface area contributed by atoms with Crippen LogP contribution in [0.15, 0.2) is 30.5 Å². The maximum Gasteiger partial charge on any atom is 0.276 e. The Morgan fingerprint density at radius 2 is 2.00 bits per heavy atom. The summed E-state index contributed by atoms with van der Waals surface area (Å²) in [7, 11) is 0. The first-order valence-corrected chi connectivity index (χ1v) is 8.77. The van der Waals surface area contributed by atoms with Gasteiger partial charge < -0.3 is 14.4 Å². The highest BCUT2D eigenvalue weighted by Gasteiger charge is 2.25. The van der Waals surface area contributed by atoms with E-state index < -0.39 is 0 Å². The molecule has 0 N–H and O–H groups in total. The van der Waals surface area contributed by atoms with Gasteiger partial charge in [0.25, 0.3) is 5.91 Å². The SMILES string of the molecule is CC1CCN(C(=O)c2cn(CC3COc4ccccc4O3)nn2)CC1. The van der Waals surface area contributed by atoms with Crippen molar-refractivity contribution in [3.63, 3.8) is 0 Å². The number of likely N-dealkylation sites (tertiary alicyclic amines) is 1. The van der Waals surface area contributed by atoms with Gasteiger partial charge in [0.1, 0.15) is 6.61 Å². The van der Waals surface area contributed by atoms with Crippen LogP contribution in [0.25, 0.3) is 0 Å². The van der Waals surface area contributed by atoms with E-state index in [1.165, 1.54) is 0 Å². The van der Waals surface area contributed by atoms with Crippen LogP contribution in [-0.4, -0.2) is 51.6 Å². The zero-order chi connectivity index (χ0) is 17.2. The van der Waals surface area contributed by atoms with Crippen LogP contribution in [0.3, 0.4) is 0 Å². The number of aromatic nitrogens is 3. The van der Waals surface area contributed by atoms with Crippen LogP contribution in [0.2, 0.25) is 0 Å². The molecule has 1 unspecified atom stereocenters. The lowest BCUT2D eigenvalue weighted by atomic mass is 9.99. The number of nitrogens with zero attached hydrogens (tertiary/aromatic N) is 4. The van der Waals surface area contributed by atoms with Crippen LogP contribution in [0, 0.1) is 5.92 Å². The molecule has 1 amide bonds. The molecule has 132 valence electrons. The lowest BCUT2D eigenvalue weighted by Crippen LogP contribution is -2.38. The number of para-hydroxylation sites is 2. The molecule has 0 saturated carbocycles. The Kier molecular flexibility index (Phi) is 4.29. The Morgan fingerprint density at radius 1 is 1.24 bits per heavy atom. The Morgan fingerprint density at radius 3 is 2.80 bits per heavy atom. The standard InChI is InChI=1S/C18H22N4O3/c1-13-6-8-21(9-7-13)18(23)15-11-22(20-19-15)10-14-12-24-16-4-2-3-5-17(16)25-14/h2-5,11,13-14H,6-10,12H2,1H3. The molecule has 1 aromatic carbocycles. The van der Waals surface area contributed by atoms with E-state index in [-0.39, 0.29) is 12.0 Å². The molecule has 1 fully saturated rings. The second-order valence-corrected chi connectivity index (χ2v) is 6.80.